The second-order valence-electron chi connectivity index (χ2n) is 4.14. The Morgan fingerprint density at radius 1 is 1.19 bits per heavy atom. The molecule has 0 bridgehead atoms. The molecular formula is C14H15N3O2S2. The molecule has 0 saturated heterocycles. The minimum atomic E-state index is -0.392. The van der Waals surface area contributed by atoms with Crippen molar-refractivity contribution in [3.63, 3.8) is 0 Å². The van der Waals surface area contributed by atoms with Gasteiger partial charge in [-0.3, -0.25) is 4.79 Å². The summed E-state index contributed by atoms with van der Waals surface area (Å²) < 4.78 is 0. The Hall–Kier alpha value is -1.99. The van der Waals surface area contributed by atoms with Gasteiger partial charge in [-0.25, -0.2) is 4.79 Å². The number of benzene rings is 1. The van der Waals surface area contributed by atoms with E-state index in [4.69, 9.17) is 5.73 Å². The molecule has 0 aliphatic rings. The van der Waals surface area contributed by atoms with Gasteiger partial charge in [-0.2, -0.15) is 0 Å². The quantitative estimate of drug-likeness (QED) is 0.715. The van der Waals surface area contributed by atoms with Crippen molar-refractivity contribution in [2.75, 3.05) is 11.1 Å². The van der Waals surface area contributed by atoms with Gasteiger partial charge in [-0.1, -0.05) is 18.2 Å². The lowest BCUT2D eigenvalue weighted by Gasteiger charge is -2.10. The van der Waals surface area contributed by atoms with E-state index in [2.05, 4.69) is 10.6 Å². The molecule has 0 saturated carbocycles. The molecule has 0 unspecified atom stereocenters. The smallest absolute Gasteiger partial charge is 0.319 e. The Morgan fingerprint density at radius 3 is 2.71 bits per heavy atom. The van der Waals surface area contributed by atoms with Crippen molar-refractivity contribution in [2.45, 2.75) is 11.4 Å². The molecular weight excluding hydrogens is 306 g/mol. The summed E-state index contributed by atoms with van der Waals surface area (Å²) in [6.45, 7) is 0.486. The van der Waals surface area contributed by atoms with Gasteiger partial charge in [0.15, 0.2) is 0 Å². The Morgan fingerprint density at radius 2 is 2.00 bits per heavy atom. The minimum absolute atomic E-state index is 0.176. The van der Waals surface area contributed by atoms with Crippen LogP contribution < -0.4 is 16.4 Å². The first-order valence-electron chi connectivity index (χ1n) is 6.22. The van der Waals surface area contributed by atoms with Gasteiger partial charge in [0.25, 0.3) is 0 Å². The number of primary amides is 1. The molecule has 0 aliphatic heterocycles. The zero-order chi connectivity index (χ0) is 15.1. The summed E-state index contributed by atoms with van der Waals surface area (Å²) in [7, 11) is 0. The molecule has 110 valence electrons. The van der Waals surface area contributed by atoms with Crippen LogP contribution in [0, 0.1) is 0 Å². The molecule has 2 aromatic rings. The molecule has 1 aromatic heterocycles. The van der Waals surface area contributed by atoms with E-state index in [-0.39, 0.29) is 11.8 Å². The summed E-state index contributed by atoms with van der Waals surface area (Å²) in [5.41, 5.74) is 5.79. The number of nitrogens with one attached hydrogen (secondary N) is 2. The van der Waals surface area contributed by atoms with E-state index in [1.54, 1.807) is 17.4 Å². The van der Waals surface area contributed by atoms with E-state index >= 15 is 0 Å². The third-order valence-corrected chi connectivity index (χ3v) is 4.48. The number of thiophene rings is 1. The number of hydrogen-bond acceptors (Lipinski definition) is 4. The highest BCUT2D eigenvalue weighted by Crippen LogP contribution is 2.26. The second kappa shape index (κ2) is 7.70. The maximum Gasteiger partial charge on any atom is 0.319 e. The van der Waals surface area contributed by atoms with Gasteiger partial charge in [0.2, 0.25) is 5.91 Å². The molecule has 21 heavy (non-hydrogen) atoms. The highest BCUT2D eigenvalue weighted by atomic mass is 32.2. The largest absolute Gasteiger partial charge is 0.369 e. The Labute approximate surface area is 130 Å². The molecule has 0 fully saturated rings. The van der Waals surface area contributed by atoms with E-state index in [9.17, 15) is 9.59 Å². The lowest BCUT2D eigenvalue weighted by molar-refractivity contribution is -0.115. The van der Waals surface area contributed by atoms with Gasteiger partial charge < -0.3 is 16.4 Å². The van der Waals surface area contributed by atoms with Gasteiger partial charge in [0.05, 0.1) is 18.0 Å². The van der Waals surface area contributed by atoms with E-state index in [1.165, 1.54) is 11.8 Å². The van der Waals surface area contributed by atoms with Gasteiger partial charge in [0, 0.05) is 9.77 Å². The van der Waals surface area contributed by atoms with Crippen molar-refractivity contribution in [1.29, 1.82) is 0 Å². The Balaban J connectivity index is 1.92. The number of thioether (sulfide) groups is 1. The van der Waals surface area contributed by atoms with Gasteiger partial charge >= 0.3 is 6.03 Å². The molecule has 0 spiro atoms. The summed E-state index contributed by atoms with van der Waals surface area (Å²) in [5, 5.41) is 7.53. The SMILES string of the molecule is NC(=O)CSc1ccccc1NC(=O)NCc1cccs1. The van der Waals surface area contributed by atoms with Crippen LogP contribution in [-0.4, -0.2) is 17.7 Å². The number of rotatable bonds is 6. The van der Waals surface area contributed by atoms with Crippen LogP contribution in [0.1, 0.15) is 4.88 Å². The van der Waals surface area contributed by atoms with Crippen molar-refractivity contribution >= 4 is 40.7 Å². The number of para-hydroxylation sites is 1. The average molecular weight is 321 g/mol. The van der Waals surface area contributed by atoms with Crippen molar-refractivity contribution in [1.82, 2.24) is 5.32 Å². The van der Waals surface area contributed by atoms with Crippen LogP contribution in [0.15, 0.2) is 46.7 Å². The summed E-state index contributed by atoms with van der Waals surface area (Å²) in [5.74, 6) is -0.216. The summed E-state index contributed by atoms with van der Waals surface area (Å²) >= 11 is 2.89. The highest BCUT2D eigenvalue weighted by Gasteiger charge is 2.08. The highest BCUT2D eigenvalue weighted by molar-refractivity contribution is 8.00. The Bertz CT molecular complexity index is 614. The standard InChI is InChI=1S/C14H15N3O2S2/c15-13(18)9-21-12-6-2-1-5-11(12)17-14(19)16-8-10-4-3-7-20-10/h1-7H,8-9H2,(H2,15,18)(H2,16,17,19). The molecule has 5 nitrogen and oxygen atoms in total. The summed E-state index contributed by atoms with van der Waals surface area (Å²) in [6, 6.07) is 10.9. The lowest BCUT2D eigenvalue weighted by Crippen LogP contribution is -2.28. The third kappa shape index (κ3) is 5.13. The first-order valence-corrected chi connectivity index (χ1v) is 8.09. The molecule has 1 heterocycles. The van der Waals surface area contributed by atoms with E-state index in [0.29, 0.717) is 12.2 Å². The molecule has 0 radical (unpaired) electrons. The number of nitrogens with two attached hydrogens (primary N) is 1. The van der Waals surface area contributed by atoms with Gasteiger partial charge in [-0.15, -0.1) is 23.1 Å². The first-order chi connectivity index (χ1) is 10.1. The van der Waals surface area contributed by atoms with E-state index < -0.39 is 5.91 Å². The predicted molar refractivity (Wildman–Crippen MR) is 86.5 cm³/mol. The number of anilines is 1. The van der Waals surface area contributed by atoms with Crippen LogP contribution in [-0.2, 0) is 11.3 Å². The van der Waals surface area contributed by atoms with Crippen LogP contribution in [0.3, 0.4) is 0 Å². The average Bonchev–Trinajstić information content (AvgIpc) is 2.97. The fourth-order valence-corrected chi connectivity index (χ4v) is 2.98. The van der Waals surface area contributed by atoms with Crippen LogP contribution in [0.25, 0.3) is 0 Å². The topological polar surface area (TPSA) is 84.2 Å². The zero-order valence-corrected chi connectivity index (χ0v) is 12.8. The zero-order valence-electron chi connectivity index (χ0n) is 11.2. The normalized spacial score (nSPS) is 10.1. The fourth-order valence-electron chi connectivity index (χ4n) is 1.59. The lowest BCUT2D eigenvalue weighted by atomic mass is 10.3. The molecule has 7 heteroatoms. The van der Waals surface area contributed by atoms with Crippen molar-refractivity contribution in [3.8, 4) is 0 Å². The van der Waals surface area contributed by atoms with Crippen molar-refractivity contribution < 1.29 is 9.59 Å². The summed E-state index contributed by atoms with van der Waals surface area (Å²) in [6.07, 6.45) is 0. The molecule has 1 aromatic carbocycles. The van der Waals surface area contributed by atoms with Gasteiger partial charge in [0.1, 0.15) is 0 Å². The second-order valence-corrected chi connectivity index (χ2v) is 6.19. The molecule has 3 amide bonds. The van der Waals surface area contributed by atoms with Crippen molar-refractivity contribution in [3.05, 3.63) is 46.7 Å². The fraction of sp³-hybridized carbons (Fsp3) is 0.143. The predicted octanol–water partition coefficient (Wildman–Crippen LogP) is 2.65. The maximum atomic E-state index is 11.9. The molecule has 4 N–H and O–H groups in total. The van der Waals surface area contributed by atoms with Crippen LogP contribution >= 0.6 is 23.1 Å². The molecule has 0 aliphatic carbocycles. The van der Waals surface area contributed by atoms with Crippen molar-refractivity contribution in [2.24, 2.45) is 5.73 Å². The number of urea groups is 1. The number of carbonyl (C=O) groups excluding carboxylic acids is 2. The van der Waals surface area contributed by atoms with Crippen LogP contribution in [0.5, 0.6) is 0 Å². The summed E-state index contributed by atoms with van der Waals surface area (Å²) in [4.78, 5) is 24.6. The monoisotopic (exact) mass is 321 g/mol. The maximum absolute atomic E-state index is 11.9. The van der Waals surface area contributed by atoms with Crippen LogP contribution in [0.4, 0.5) is 10.5 Å². The molecule has 0 atom stereocenters. The Kier molecular flexibility index (Phi) is 5.65. The van der Waals surface area contributed by atoms with E-state index in [1.807, 2.05) is 35.7 Å². The number of hydrogen-bond donors (Lipinski definition) is 3. The van der Waals surface area contributed by atoms with E-state index in [0.717, 1.165) is 9.77 Å². The van der Waals surface area contributed by atoms with Gasteiger partial charge in [-0.05, 0) is 23.6 Å². The number of carbonyl (C=O) groups is 2. The van der Waals surface area contributed by atoms with Crippen LogP contribution in [0.2, 0.25) is 0 Å². The molecule has 2 rings (SSSR count). The number of amides is 3. The third-order valence-electron chi connectivity index (χ3n) is 2.51. The minimum Gasteiger partial charge on any atom is -0.369 e. The first kappa shape index (κ1) is 15.4.